The number of carbonyl (C=O) groups is 2. The van der Waals surface area contributed by atoms with Crippen molar-refractivity contribution in [1.82, 2.24) is 4.57 Å². The van der Waals surface area contributed by atoms with E-state index in [1.54, 1.807) is 30.3 Å². The Morgan fingerprint density at radius 2 is 1.96 bits per heavy atom. The van der Waals surface area contributed by atoms with Crippen molar-refractivity contribution in [2.45, 2.75) is 13.8 Å². The average molecular weight is 341 g/mol. The minimum Gasteiger partial charge on any atom is -0.454 e. The molecule has 130 valence electrons. The number of ketones is 1. The van der Waals surface area contributed by atoms with Crippen molar-refractivity contribution < 1.29 is 23.8 Å². The molecule has 6 heteroatoms. The lowest BCUT2D eigenvalue weighted by atomic mass is 10.1. The van der Waals surface area contributed by atoms with Gasteiger partial charge in [-0.1, -0.05) is 6.07 Å². The fourth-order valence-electron chi connectivity index (χ4n) is 2.58. The van der Waals surface area contributed by atoms with Crippen molar-refractivity contribution in [3.8, 4) is 11.5 Å². The Labute approximate surface area is 145 Å². The Balaban J connectivity index is 1.57. The Kier molecular flexibility index (Phi) is 4.61. The van der Waals surface area contributed by atoms with Crippen LogP contribution in [0, 0.1) is 13.8 Å². The number of fused-ring (bicyclic) bond motifs is 1. The number of benzene rings is 1. The molecule has 1 aliphatic rings. The second kappa shape index (κ2) is 6.84. The molecular weight excluding hydrogens is 322 g/mol. The van der Waals surface area contributed by atoms with Crippen LogP contribution in [0.15, 0.2) is 30.3 Å². The van der Waals surface area contributed by atoms with E-state index in [2.05, 4.69) is 0 Å². The molecule has 0 N–H and O–H groups in total. The maximum atomic E-state index is 12.2. The summed E-state index contributed by atoms with van der Waals surface area (Å²) in [5, 5.41) is 0. The number of Topliss-reactive ketones (excluding diaryl/α,β-unsaturated/α-hetero) is 1. The molecule has 0 saturated carbocycles. The first-order valence-corrected chi connectivity index (χ1v) is 7.86. The lowest BCUT2D eigenvalue weighted by Crippen LogP contribution is -2.13. The third-order valence-corrected chi connectivity index (χ3v) is 4.23. The second-order valence-electron chi connectivity index (χ2n) is 5.82. The molecule has 2 heterocycles. The summed E-state index contributed by atoms with van der Waals surface area (Å²) >= 11 is 0. The van der Waals surface area contributed by atoms with Gasteiger partial charge in [0, 0.05) is 30.1 Å². The molecular formula is C19H19NO5. The van der Waals surface area contributed by atoms with Crippen molar-refractivity contribution in [3.63, 3.8) is 0 Å². The van der Waals surface area contributed by atoms with Crippen molar-refractivity contribution in [2.75, 3.05) is 13.4 Å². The van der Waals surface area contributed by atoms with E-state index in [1.807, 2.05) is 25.5 Å². The summed E-state index contributed by atoms with van der Waals surface area (Å²) in [5.41, 5.74) is 3.19. The quantitative estimate of drug-likeness (QED) is 0.475. The van der Waals surface area contributed by atoms with Crippen molar-refractivity contribution >= 4 is 17.8 Å². The van der Waals surface area contributed by atoms with E-state index in [1.165, 1.54) is 6.08 Å². The number of carbonyl (C=O) groups excluding carboxylic acids is 2. The molecule has 0 unspecified atom stereocenters. The first-order valence-electron chi connectivity index (χ1n) is 7.86. The van der Waals surface area contributed by atoms with Crippen LogP contribution >= 0.6 is 0 Å². The number of aryl methyl sites for hydroxylation is 1. The molecule has 0 aliphatic carbocycles. The van der Waals surface area contributed by atoms with Gasteiger partial charge in [-0.3, -0.25) is 4.79 Å². The molecule has 6 nitrogen and oxygen atoms in total. The molecule has 25 heavy (non-hydrogen) atoms. The standard InChI is InChI=1S/C19H19NO5/c1-12-8-15(13(2)20(12)3)16(21)10-23-19(22)7-5-14-4-6-17-18(9-14)25-11-24-17/h4-9H,10-11H2,1-3H3/b7-5+. The zero-order chi connectivity index (χ0) is 18.0. The van der Waals surface area contributed by atoms with Gasteiger partial charge in [0.05, 0.1) is 0 Å². The lowest BCUT2D eigenvalue weighted by molar-refractivity contribution is -0.136. The number of aromatic nitrogens is 1. The summed E-state index contributed by atoms with van der Waals surface area (Å²) in [7, 11) is 1.89. The molecule has 0 bridgehead atoms. The Morgan fingerprint density at radius 1 is 1.20 bits per heavy atom. The molecule has 0 saturated heterocycles. The van der Waals surface area contributed by atoms with Crippen LogP contribution in [-0.4, -0.2) is 29.7 Å². The van der Waals surface area contributed by atoms with Crippen LogP contribution in [-0.2, 0) is 16.6 Å². The van der Waals surface area contributed by atoms with Gasteiger partial charge < -0.3 is 18.8 Å². The summed E-state index contributed by atoms with van der Waals surface area (Å²) in [5.74, 6) is 0.529. The molecule has 3 rings (SSSR count). The molecule has 0 atom stereocenters. The summed E-state index contributed by atoms with van der Waals surface area (Å²) in [6.07, 6.45) is 2.89. The second-order valence-corrected chi connectivity index (χ2v) is 5.82. The highest BCUT2D eigenvalue weighted by atomic mass is 16.7. The summed E-state index contributed by atoms with van der Waals surface area (Å²) in [6.45, 7) is 3.70. The smallest absolute Gasteiger partial charge is 0.331 e. The van der Waals surface area contributed by atoms with Gasteiger partial charge in [0.2, 0.25) is 12.6 Å². The number of hydrogen-bond acceptors (Lipinski definition) is 5. The topological polar surface area (TPSA) is 66.8 Å². The molecule has 1 aliphatic heterocycles. The summed E-state index contributed by atoms with van der Waals surface area (Å²) < 4.78 is 17.5. The van der Waals surface area contributed by atoms with Gasteiger partial charge in [-0.25, -0.2) is 4.79 Å². The highest BCUT2D eigenvalue weighted by Gasteiger charge is 2.15. The van der Waals surface area contributed by atoms with Crippen LogP contribution in [0.3, 0.4) is 0 Å². The maximum absolute atomic E-state index is 12.2. The van der Waals surface area contributed by atoms with Gasteiger partial charge in [-0.2, -0.15) is 0 Å². The predicted molar refractivity (Wildman–Crippen MR) is 91.8 cm³/mol. The Hall–Kier alpha value is -3.02. The third-order valence-electron chi connectivity index (χ3n) is 4.23. The van der Waals surface area contributed by atoms with Crippen LogP contribution in [0.25, 0.3) is 6.08 Å². The molecule has 1 aromatic carbocycles. The van der Waals surface area contributed by atoms with Crippen LogP contribution in [0.4, 0.5) is 0 Å². The van der Waals surface area contributed by atoms with Gasteiger partial charge in [0.15, 0.2) is 18.1 Å². The predicted octanol–water partition coefficient (Wildman–Crippen LogP) is 2.81. The maximum Gasteiger partial charge on any atom is 0.331 e. The van der Waals surface area contributed by atoms with E-state index >= 15 is 0 Å². The van der Waals surface area contributed by atoms with E-state index < -0.39 is 5.97 Å². The van der Waals surface area contributed by atoms with Gasteiger partial charge >= 0.3 is 5.97 Å². The number of hydrogen-bond donors (Lipinski definition) is 0. The zero-order valence-electron chi connectivity index (χ0n) is 14.4. The van der Waals surface area contributed by atoms with Crippen LogP contribution in [0.2, 0.25) is 0 Å². The van der Waals surface area contributed by atoms with E-state index in [9.17, 15) is 9.59 Å². The molecule has 0 spiro atoms. The van der Waals surface area contributed by atoms with E-state index in [0.717, 1.165) is 17.0 Å². The molecule has 0 amide bonds. The molecule has 0 fully saturated rings. The van der Waals surface area contributed by atoms with Gasteiger partial charge in [-0.15, -0.1) is 0 Å². The Morgan fingerprint density at radius 3 is 2.68 bits per heavy atom. The van der Waals surface area contributed by atoms with E-state index in [0.29, 0.717) is 17.1 Å². The summed E-state index contributed by atoms with van der Waals surface area (Å²) in [6, 6.07) is 7.15. The number of ether oxygens (including phenoxy) is 3. The molecule has 2 aromatic rings. The Bertz CT molecular complexity index is 863. The van der Waals surface area contributed by atoms with Crippen LogP contribution in [0.5, 0.6) is 11.5 Å². The van der Waals surface area contributed by atoms with Crippen molar-refractivity contribution in [3.05, 3.63) is 52.9 Å². The zero-order valence-corrected chi connectivity index (χ0v) is 14.4. The number of nitrogens with zero attached hydrogens (tertiary/aromatic N) is 1. The largest absolute Gasteiger partial charge is 0.454 e. The molecule has 0 radical (unpaired) electrons. The van der Waals surface area contributed by atoms with Gasteiger partial charge in [0.25, 0.3) is 0 Å². The fourth-order valence-corrected chi connectivity index (χ4v) is 2.58. The first-order chi connectivity index (χ1) is 12.0. The lowest BCUT2D eigenvalue weighted by Gasteiger charge is -2.03. The summed E-state index contributed by atoms with van der Waals surface area (Å²) in [4.78, 5) is 24.0. The fraction of sp³-hybridized carbons (Fsp3) is 0.263. The first kappa shape index (κ1) is 16.8. The highest BCUT2D eigenvalue weighted by molar-refractivity contribution is 6.00. The average Bonchev–Trinajstić information content (AvgIpc) is 3.17. The van der Waals surface area contributed by atoms with Gasteiger partial charge in [-0.05, 0) is 43.7 Å². The highest BCUT2D eigenvalue weighted by Crippen LogP contribution is 2.32. The van der Waals surface area contributed by atoms with Crippen LogP contribution in [0.1, 0.15) is 27.3 Å². The SMILES string of the molecule is Cc1cc(C(=O)COC(=O)/C=C/c2ccc3c(c2)OCO3)c(C)n1C. The molecule has 1 aromatic heterocycles. The minimum atomic E-state index is -0.573. The number of esters is 1. The van der Waals surface area contributed by atoms with Gasteiger partial charge in [0.1, 0.15) is 0 Å². The third kappa shape index (κ3) is 3.57. The van der Waals surface area contributed by atoms with E-state index in [4.69, 9.17) is 14.2 Å². The van der Waals surface area contributed by atoms with Crippen LogP contribution < -0.4 is 9.47 Å². The number of rotatable bonds is 5. The minimum absolute atomic E-state index is 0.199. The van der Waals surface area contributed by atoms with E-state index in [-0.39, 0.29) is 19.2 Å². The normalized spacial score (nSPS) is 12.6. The monoisotopic (exact) mass is 341 g/mol. The van der Waals surface area contributed by atoms with Crippen molar-refractivity contribution in [2.24, 2.45) is 7.05 Å². The van der Waals surface area contributed by atoms with Crippen molar-refractivity contribution in [1.29, 1.82) is 0 Å².